The molecule has 1 atom stereocenters. The van der Waals surface area contributed by atoms with Crippen LogP contribution in [0.2, 0.25) is 0 Å². The van der Waals surface area contributed by atoms with E-state index in [1.165, 1.54) is 0 Å². The molecule has 28 heavy (non-hydrogen) atoms. The zero-order valence-corrected chi connectivity index (χ0v) is 17.7. The fourth-order valence-corrected chi connectivity index (χ4v) is 2.97. The van der Waals surface area contributed by atoms with Gasteiger partial charge in [0.2, 0.25) is 5.91 Å². The highest BCUT2D eigenvalue weighted by Crippen LogP contribution is 2.19. The second kappa shape index (κ2) is 9.65. The summed E-state index contributed by atoms with van der Waals surface area (Å²) in [6.45, 7) is 8.00. The zero-order valence-electron chi connectivity index (χ0n) is 17.7. The molecule has 0 unspecified atom stereocenters. The van der Waals surface area contributed by atoms with E-state index in [1.807, 2.05) is 55.5 Å². The van der Waals surface area contributed by atoms with Gasteiger partial charge in [-0.3, -0.25) is 9.59 Å². The predicted molar refractivity (Wildman–Crippen MR) is 114 cm³/mol. The molecule has 0 spiro atoms. The van der Waals surface area contributed by atoms with Gasteiger partial charge in [0, 0.05) is 24.1 Å². The molecular formula is C24H33N2O2+. The van der Waals surface area contributed by atoms with E-state index in [4.69, 9.17) is 0 Å². The van der Waals surface area contributed by atoms with Crippen LogP contribution in [0, 0.1) is 0 Å². The highest BCUT2D eigenvalue weighted by atomic mass is 16.1. The van der Waals surface area contributed by atoms with Crippen molar-refractivity contribution >= 4 is 11.7 Å². The molecule has 2 rings (SSSR count). The van der Waals surface area contributed by atoms with Crippen LogP contribution in [0.15, 0.2) is 54.6 Å². The summed E-state index contributed by atoms with van der Waals surface area (Å²) in [4.78, 5) is 25.2. The monoisotopic (exact) mass is 381 g/mol. The molecule has 150 valence electrons. The summed E-state index contributed by atoms with van der Waals surface area (Å²) in [6.07, 6.45) is 0.941. The van der Waals surface area contributed by atoms with Crippen molar-refractivity contribution in [3.05, 3.63) is 71.3 Å². The number of hydrogen-bond donors (Lipinski definition) is 1. The van der Waals surface area contributed by atoms with Crippen LogP contribution in [-0.4, -0.2) is 49.4 Å². The maximum absolute atomic E-state index is 12.6. The van der Waals surface area contributed by atoms with Gasteiger partial charge in [-0.05, 0) is 32.4 Å². The fourth-order valence-electron chi connectivity index (χ4n) is 2.97. The first-order valence-corrected chi connectivity index (χ1v) is 10.0. The number of carbonyl (C=O) groups excluding carboxylic acids is 2. The minimum atomic E-state index is -0.295. The summed E-state index contributed by atoms with van der Waals surface area (Å²) in [6, 6.07) is 17.2. The number of hydrogen-bond acceptors (Lipinski definition) is 2. The molecule has 2 aromatic rings. The lowest BCUT2D eigenvalue weighted by Crippen LogP contribution is -2.47. The van der Waals surface area contributed by atoms with Gasteiger partial charge >= 0.3 is 0 Å². The van der Waals surface area contributed by atoms with E-state index in [1.54, 1.807) is 6.07 Å². The average molecular weight is 382 g/mol. The molecule has 4 heteroatoms. The number of carbonyl (C=O) groups is 2. The maximum atomic E-state index is 12.6. The molecule has 0 saturated carbocycles. The SMILES string of the molecule is CC(C)[N+](C)(C)CCCNC(=O)[C@H](C)c1cccc(C(=O)c2ccccc2)c1. The average Bonchev–Trinajstić information content (AvgIpc) is 2.70. The van der Waals surface area contributed by atoms with Gasteiger partial charge in [0.15, 0.2) is 5.78 Å². The van der Waals surface area contributed by atoms with E-state index in [-0.39, 0.29) is 17.6 Å². The Kier molecular flexibility index (Phi) is 7.53. The van der Waals surface area contributed by atoms with Gasteiger partial charge in [0.1, 0.15) is 0 Å². The third kappa shape index (κ3) is 5.77. The van der Waals surface area contributed by atoms with Crippen LogP contribution in [-0.2, 0) is 4.79 Å². The summed E-state index contributed by atoms with van der Waals surface area (Å²) in [5, 5.41) is 3.04. The Morgan fingerprint density at radius 2 is 1.57 bits per heavy atom. The maximum Gasteiger partial charge on any atom is 0.227 e. The van der Waals surface area contributed by atoms with Gasteiger partial charge < -0.3 is 9.80 Å². The van der Waals surface area contributed by atoms with E-state index < -0.39 is 0 Å². The van der Waals surface area contributed by atoms with Crippen LogP contribution in [0.4, 0.5) is 0 Å². The lowest BCUT2D eigenvalue weighted by atomic mass is 9.95. The Hall–Kier alpha value is -2.46. The molecule has 0 aliphatic carbocycles. The first kappa shape index (κ1) is 21.8. The number of rotatable bonds is 9. The van der Waals surface area contributed by atoms with Crippen molar-refractivity contribution in [2.24, 2.45) is 0 Å². The third-order valence-corrected chi connectivity index (χ3v) is 5.69. The van der Waals surface area contributed by atoms with Crippen LogP contribution in [0.5, 0.6) is 0 Å². The Balaban J connectivity index is 1.96. The van der Waals surface area contributed by atoms with Crippen molar-refractivity contribution in [1.29, 1.82) is 0 Å². The summed E-state index contributed by atoms with van der Waals surface area (Å²) in [7, 11) is 4.43. The number of ketones is 1. The van der Waals surface area contributed by atoms with Crippen LogP contribution < -0.4 is 5.32 Å². The largest absolute Gasteiger partial charge is 0.355 e. The molecular weight excluding hydrogens is 348 g/mol. The van der Waals surface area contributed by atoms with Crippen LogP contribution in [0.25, 0.3) is 0 Å². The number of benzene rings is 2. The van der Waals surface area contributed by atoms with E-state index in [2.05, 4.69) is 33.3 Å². The van der Waals surface area contributed by atoms with Gasteiger partial charge in [0.05, 0.1) is 32.6 Å². The lowest BCUT2D eigenvalue weighted by molar-refractivity contribution is -0.911. The van der Waals surface area contributed by atoms with Crippen LogP contribution in [0.3, 0.4) is 0 Å². The Morgan fingerprint density at radius 3 is 2.21 bits per heavy atom. The molecule has 0 aromatic heterocycles. The fraction of sp³-hybridized carbons (Fsp3) is 0.417. The molecule has 4 nitrogen and oxygen atoms in total. The van der Waals surface area contributed by atoms with Crippen molar-refractivity contribution in [3.63, 3.8) is 0 Å². The molecule has 0 saturated heterocycles. The van der Waals surface area contributed by atoms with E-state index in [0.717, 1.165) is 23.0 Å². The minimum Gasteiger partial charge on any atom is -0.355 e. The molecule has 2 aromatic carbocycles. The van der Waals surface area contributed by atoms with Crippen molar-refractivity contribution in [3.8, 4) is 0 Å². The molecule has 1 amide bonds. The normalized spacial score (nSPS) is 12.6. The smallest absolute Gasteiger partial charge is 0.227 e. The number of quaternary nitrogens is 1. The second-order valence-electron chi connectivity index (χ2n) is 8.28. The number of amides is 1. The zero-order chi connectivity index (χ0) is 20.7. The van der Waals surface area contributed by atoms with E-state index >= 15 is 0 Å². The molecule has 0 bridgehead atoms. The van der Waals surface area contributed by atoms with Gasteiger partial charge in [-0.25, -0.2) is 0 Å². The molecule has 0 heterocycles. The highest BCUT2D eigenvalue weighted by molar-refractivity contribution is 6.09. The minimum absolute atomic E-state index is 0.000775. The van der Waals surface area contributed by atoms with Gasteiger partial charge in [0.25, 0.3) is 0 Å². The van der Waals surface area contributed by atoms with Gasteiger partial charge in [-0.15, -0.1) is 0 Å². The first-order chi connectivity index (χ1) is 13.2. The Labute approximate surface area is 169 Å². The lowest BCUT2D eigenvalue weighted by Gasteiger charge is -2.34. The Morgan fingerprint density at radius 1 is 0.929 bits per heavy atom. The third-order valence-electron chi connectivity index (χ3n) is 5.69. The molecule has 0 radical (unpaired) electrons. The summed E-state index contributed by atoms with van der Waals surface area (Å²) >= 11 is 0. The first-order valence-electron chi connectivity index (χ1n) is 10.0. The summed E-state index contributed by atoms with van der Waals surface area (Å²) < 4.78 is 0.940. The standard InChI is InChI=1S/C24H32N2O2/c1-18(2)26(4,5)16-10-15-25-24(28)19(3)21-13-9-14-22(17-21)23(27)20-11-7-6-8-12-20/h6-9,11-14,17-19H,10,15-16H2,1-5H3/p+1/t19-/m1/s1. The second-order valence-corrected chi connectivity index (χ2v) is 8.28. The number of nitrogens with zero attached hydrogens (tertiary/aromatic N) is 1. The van der Waals surface area contributed by atoms with Crippen molar-refractivity contribution in [1.82, 2.24) is 5.32 Å². The quantitative estimate of drug-likeness (QED) is 0.405. The van der Waals surface area contributed by atoms with Gasteiger partial charge in [-0.1, -0.05) is 48.5 Å². The van der Waals surface area contributed by atoms with Crippen LogP contribution >= 0.6 is 0 Å². The summed E-state index contributed by atoms with van der Waals surface area (Å²) in [5.74, 6) is -0.320. The highest BCUT2D eigenvalue weighted by Gasteiger charge is 2.20. The molecule has 0 fully saturated rings. The molecule has 1 N–H and O–H groups in total. The number of nitrogens with one attached hydrogen (secondary N) is 1. The predicted octanol–water partition coefficient (Wildman–Crippen LogP) is 4.01. The van der Waals surface area contributed by atoms with Crippen molar-refractivity contribution in [2.45, 2.75) is 39.2 Å². The topological polar surface area (TPSA) is 46.2 Å². The van der Waals surface area contributed by atoms with E-state index in [9.17, 15) is 9.59 Å². The molecule has 0 aliphatic heterocycles. The van der Waals surface area contributed by atoms with Crippen LogP contribution in [0.1, 0.15) is 54.6 Å². The summed E-state index contributed by atoms with van der Waals surface area (Å²) in [5.41, 5.74) is 2.12. The van der Waals surface area contributed by atoms with Gasteiger partial charge in [-0.2, -0.15) is 0 Å². The van der Waals surface area contributed by atoms with Crippen molar-refractivity contribution < 1.29 is 14.1 Å². The van der Waals surface area contributed by atoms with Crippen molar-refractivity contribution in [2.75, 3.05) is 27.2 Å². The molecule has 0 aliphatic rings. The Bertz CT molecular complexity index is 797. The van der Waals surface area contributed by atoms with E-state index in [0.29, 0.717) is 23.7 Å².